The lowest BCUT2D eigenvalue weighted by molar-refractivity contribution is 0.163. The zero-order chi connectivity index (χ0) is 20.3. The first-order valence-electron chi connectivity index (χ1n) is 9.65. The Morgan fingerprint density at radius 2 is 1.79 bits per heavy atom. The van der Waals surface area contributed by atoms with Crippen LogP contribution in [-0.2, 0) is 6.54 Å². The van der Waals surface area contributed by atoms with Crippen molar-refractivity contribution in [2.45, 2.75) is 25.0 Å². The molecule has 150 valence electrons. The molecule has 2 aliphatic rings. The minimum Gasteiger partial charge on any atom is -0.334 e. The van der Waals surface area contributed by atoms with Gasteiger partial charge in [-0.25, -0.2) is 9.79 Å². The van der Waals surface area contributed by atoms with Gasteiger partial charge < -0.3 is 10.2 Å². The molecular formula is C22H23ClN4OS. The molecule has 0 atom stereocenters. The molecule has 1 spiro atoms. The number of rotatable bonds is 3. The third-order valence-corrected chi connectivity index (χ3v) is 6.20. The van der Waals surface area contributed by atoms with E-state index < -0.39 is 5.66 Å². The molecule has 29 heavy (non-hydrogen) atoms. The van der Waals surface area contributed by atoms with E-state index in [-0.39, 0.29) is 6.03 Å². The highest BCUT2D eigenvalue weighted by atomic mass is 35.5. The number of carbonyl (C=O) groups excluding carboxylic acids is 1. The molecule has 0 saturated carbocycles. The van der Waals surface area contributed by atoms with Gasteiger partial charge in [0.15, 0.2) is 5.66 Å². The molecule has 5 nitrogen and oxygen atoms in total. The third kappa shape index (κ3) is 4.49. The topological polar surface area (TPSA) is 57.1 Å². The Bertz CT molecular complexity index is 935. The molecule has 7 heteroatoms. The zero-order valence-electron chi connectivity index (χ0n) is 16.3. The molecule has 0 unspecified atom stereocenters. The van der Waals surface area contributed by atoms with Crippen LogP contribution in [0, 0.1) is 0 Å². The lowest BCUT2D eigenvalue weighted by Gasteiger charge is -2.35. The van der Waals surface area contributed by atoms with Crippen LogP contribution in [0.4, 0.5) is 4.79 Å². The van der Waals surface area contributed by atoms with Gasteiger partial charge in [0.1, 0.15) is 5.04 Å². The van der Waals surface area contributed by atoms with Gasteiger partial charge in [0, 0.05) is 43.1 Å². The normalized spacial score (nSPS) is 17.8. The third-order valence-electron chi connectivity index (χ3n) is 5.28. The smallest absolute Gasteiger partial charge is 0.317 e. The predicted molar refractivity (Wildman–Crippen MR) is 121 cm³/mol. The van der Waals surface area contributed by atoms with Crippen LogP contribution in [0.1, 0.15) is 24.0 Å². The van der Waals surface area contributed by atoms with Crippen LogP contribution >= 0.6 is 23.4 Å². The Morgan fingerprint density at radius 1 is 1.10 bits per heavy atom. The number of nitrogens with zero attached hydrogens (tertiary/aromatic N) is 3. The Balaban J connectivity index is 1.41. The number of halogens is 1. The Kier molecular flexibility index (Phi) is 5.92. The van der Waals surface area contributed by atoms with Crippen molar-refractivity contribution < 1.29 is 4.79 Å². The summed E-state index contributed by atoms with van der Waals surface area (Å²) < 4.78 is 0. The molecule has 0 radical (unpaired) electrons. The van der Waals surface area contributed by atoms with Crippen molar-refractivity contribution in [2.75, 3.05) is 19.3 Å². The quantitative estimate of drug-likeness (QED) is 0.779. The van der Waals surface area contributed by atoms with Gasteiger partial charge in [-0.15, -0.1) is 11.8 Å². The van der Waals surface area contributed by atoms with E-state index in [1.807, 2.05) is 65.8 Å². The zero-order valence-corrected chi connectivity index (χ0v) is 17.8. The second-order valence-electron chi connectivity index (χ2n) is 7.20. The maximum absolute atomic E-state index is 12.5. The van der Waals surface area contributed by atoms with Gasteiger partial charge >= 0.3 is 6.03 Å². The van der Waals surface area contributed by atoms with Crippen molar-refractivity contribution in [2.24, 2.45) is 9.98 Å². The number of aliphatic imine (C=N–C) groups is 2. The van der Waals surface area contributed by atoms with Crippen molar-refractivity contribution in [3.05, 3.63) is 70.7 Å². The summed E-state index contributed by atoms with van der Waals surface area (Å²) in [7, 11) is 0. The number of likely N-dealkylation sites (tertiary alicyclic amines) is 1. The maximum Gasteiger partial charge on any atom is 0.317 e. The molecule has 1 N–H and O–H groups in total. The minimum absolute atomic E-state index is 0.0299. The fraction of sp³-hybridized carbons (Fsp3) is 0.318. The van der Waals surface area contributed by atoms with Gasteiger partial charge in [0.05, 0.1) is 5.71 Å². The lowest BCUT2D eigenvalue weighted by Crippen LogP contribution is -2.48. The number of thioether (sulfide) groups is 1. The van der Waals surface area contributed by atoms with E-state index in [2.05, 4.69) is 5.32 Å². The van der Waals surface area contributed by atoms with E-state index in [0.29, 0.717) is 24.7 Å². The van der Waals surface area contributed by atoms with Gasteiger partial charge in [-0.1, -0.05) is 54.1 Å². The highest BCUT2D eigenvalue weighted by Gasteiger charge is 2.40. The average molecular weight is 427 g/mol. The van der Waals surface area contributed by atoms with E-state index in [1.165, 1.54) is 0 Å². The van der Waals surface area contributed by atoms with Crippen molar-refractivity contribution >= 4 is 40.1 Å². The summed E-state index contributed by atoms with van der Waals surface area (Å²) in [5.41, 5.74) is 2.60. The second kappa shape index (κ2) is 8.59. The number of carbonyl (C=O) groups is 1. The van der Waals surface area contributed by atoms with Crippen molar-refractivity contribution in [3.63, 3.8) is 0 Å². The van der Waals surface area contributed by atoms with Crippen molar-refractivity contribution in [1.29, 1.82) is 0 Å². The summed E-state index contributed by atoms with van der Waals surface area (Å²) in [5, 5.41) is 4.67. The molecule has 2 heterocycles. The molecule has 4 rings (SSSR count). The fourth-order valence-electron chi connectivity index (χ4n) is 3.64. The standard InChI is InChI=1S/C22H23ClN4OS/c1-29-20-19(17-7-9-18(23)10-8-17)25-22(26-20)11-13-27(14-12-22)21(28)24-15-16-5-3-2-4-6-16/h2-10H,11-15H2,1H3,(H,24,28). The number of urea groups is 1. The van der Waals surface area contributed by atoms with E-state index in [1.54, 1.807) is 11.8 Å². The molecule has 0 aliphatic carbocycles. The van der Waals surface area contributed by atoms with Crippen LogP contribution in [0.25, 0.3) is 0 Å². The molecule has 1 fully saturated rings. The predicted octanol–water partition coefficient (Wildman–Crippen LogP) is 4.61. The van der Waals surface area contributed by atoms with Gasteiger partial charge in [0.2, 0.25) is 0 Å². The summed E-state index contributed by atoms with van der Waals surface area (Å²) in [4.78, 5) is 24.4. The summed E-state index contributed by atoms with van der Waals surface area (Å²) in [6.07, 6.45) is 3.48. The lowest BCUT2D eigenvalue weighted by atomic mass is 9.98. The van der Waals surface area contributed by atoms with Crippen LogP contribution in [0.15, 0.2) is 64.6 Å². The summed E-state index contributed by atoms with van der Waals surface area (Å²) >= 11 is 7.64. The molecular weight excluding hydrogens is 404 g/mol. The largest absolute Gasteiger partial charge is 0.334 e. The van der Waals surface area contributed by atoms with Gasteiger partial charge in [-0.2, -0.15) is 0 Å². The van der Waals surface area contributed by atoms with Gasteiger partial charge in [-0.3, -0.25) is 4.99 Å². The fourth-order valence-corrected chi connectivity index (χ4v) is 4.38. The maximum atomic E-state index is 12.5. The van der Waals surface area contributed by atoms with Crippen LogP contribution in [0.2, 0.25) is 5.02 Å². The monoisotopic (exact) mass is 426 g/mol. The van der Waals surface area contributed by atoms with E-state index in [9.17, 15) is 4.79 Å². The summed E-state index contributed by atoms with van der Waals surface area (Å²) in [5.74, 6) is 0. The summed E-state index contributed by atoms with van der Waals surface area (Å²) in [6, 6.07) is 17.6. The second-order valence-corrected chi connectivity index (χ2v) is 8.43. The Labute approximate surface area is 180 Å². The Hall–Kier alpha value is -2.31. The molecule has 2 amide bonds. The van der Waals surface area contributed by atoms with Gasteiger partial charge in [-0.05, 0) is 24.0 Å². The highest BCUT2D eigenvalue weighted by Crippen LogP contribution is 2.35. The molecule has 0 aromatic heterocycles. The van der Waals surface area contributed by atoms with Crippen LogP contribution in [0.5, 0.6) is 0 Å². The number of hydrogen-bond acceptors (Lipinski definition) is 4. The number of piperidine rings is 1. The summed E-state index contributed by atoms with van der Waals surface area (Å²) in [6.45, 7) is 1.82. The number of amides is 2. The van der Waals surface area contributed by atoms with E-state index in [0.717, 1.165) is 34.7 Å². The number of hydrogen-bond donors (Lipinski definition) is 1. The minimum atomic E-state index is -0.455. The SMILES string of the molecule is CSC1=NC2(CCN(C(=O)NCc3ccccc3)CC2)N=C1c1ccc(Cl)cc1. The molecule has 1 saturated heterocycles. The molecule has 2 aromatic carbocycles. The number of benzene rings is 2. The van der Waals surface area contributed by atoms with E-state index in [4.69, 9.17) is 21.6 Å². The van der Waals surface area contributed by atoms with Crippen LogP contribution in [-0.4, -0.2) is 46.7 Å². The first-order valence-corrected chi connectivity index (χ1v) is 11.3. The molecule has 2 aliphatic heterocycles. The van der Waals surface area contributed by atoms with E-state index >= 15 is 0 Å². The number of nitrogens with one attached hydrogen (secondary N) is 1. The Morgan fingerprint density at radius 3 is 2.45 bits per heavy atom. The van der Waals surface area contributed by atoms with Gasteiger partial charge in [0.25, 0.3) is 0 Å². The molecule has 2 aromatic rings. The van der Waals surface area contributed by atoms with Crippen molar-refractivity contribution in [1.82, 2.24) is 10.2 Å². The molecule has 0 bridgehead atoms. The van der Waals surface area contributed by atoms with Crippen LogP contribution in [0.3, 0.4) is 0 Å². The average Bonchev–Trinajstić information content (AvgIpc) is 3.12. The van der Waals surface area contributed by atoms with Crippen molar-refractivity contribution in [3.8, 4) is 0 Å². The highest BCUT2D eigenvalue weighted by molar-refractivity contribution is 8.15. The first-order chi connectivity index (χ1) is 14.1. The van der Waals surface area contributed by atoms with Crippen LogP contribution < -0.4 is 5.32 Å². The first kappa shape index (κ1) is 20.0.